The van der Waals surface area contributed by atoms with E-state index in [1.165, 1.54) is 7.11 Å². The molecule has 0 saturated carbocycles. The molecule has 9 nitrogen and oxygen atoms in total. The second-order valence-corrected chi connectivity index (χ2v) is 7.02. The molecule has 0 aromatic heterocycles. The van der Waals surface area contributed by atoms with Crippen molar-refractivity contribution in [1.29, 1.82) is 0 Å². The fourth-order valence-electron chi connectivity index (χ4n) is 2.69. The average Bonchev–Trinajstić information content (AvgIpc) is 2.55. The zero-order valence-corrected chi connectivity index (χ0v) is 15.4. The number of hydrogen-bond acceptors (Lipinski definition) is 8. The van der Waals surface area contributed by atoms with Gasteiger partial charge in [0.2, 0.25) is 0 Å². The Labute approximate surface area is 143 Å². The molecule has 0 spiro atoms. The third-order valence-electron chi connectivity index (χ3n) is 3.86. The fraction of sp³-hybridized carbons (Fsp3) is 1.00. The van der Waals surface area contributed by atoms with Gasteiger partial charge >= 0.3 is 0 Å². The third kappa shape index (κ3) is 6.52. The Morgan fingerprint density at radius 2 is 1.54 bits per heavy atom. The maximum absolute atomic E-state index is 10.6. The van der Waals surface area contributed by atoms with Gasteiger partial charge in [-0.05, 0) is 12.8 Å². The summed E-state index contributed by atoms with van der Waals surface area (Å²) in [4.78, 5) is 0. The van der Waals surface area contributed by atoms with E-state index in [9.17, 15) is 8.42 Å². The molecule has 0 aromatic carbocycles. The summed E-state index contributed by atoms with van der Waals surface area (Å²) in [5, 5.41) is 0. The van der Waals surface area contributed by atoms with E-state index in [0.717, 1.165) is 0 Å². The quantitative estimate of drug-likeness (QED) is 0.398. The molecule has 0 radical (unpaired) electrons. The topological polar surface area (TPSA) is 110 Å². The van der Waals surface area contributed by atoms with E-state index >= 15 is 0 Å². The van der Waals surface area contributed by atoms with Crippen LogP contribution in [0.4, 0.5) is 0 Å². The minimum Gasteiger partial charge on any atom is -0.379 e. The summed E-state index contributed by atoms with van der Waals surface area (Å²) in [7, 11) is 2.26. The Morgan fingerprint density at radius 3 is 2.04 bits per heavy atom. The van der Waals surface area contributed by atoms with Crippen molar-refractivity contribution < 1.29 is 41.4 Å². The summed E-state index contributed by atoms with van der Waals surface area (Å²) < 4.78 is 62.9. The van der Waals surface area contributed by atoms with Crippen LogP contribution in [0, 0.1) is 0 Å². The molecule has 0 aliphatic carbocycles. The molecule has 1 rings (SSSR count). The lowest BCUT2D eigenvalue weighted by Gasteiger charge is -2.44. The highest BCUT2D eigenvalue weighted by atomic mass is 32.2. The molecule has 10 heteroatoms. The normalized spacial score (nSPS) is 31.3. The van der Waals surface area contributed by atoms with E-state index in [-0.39, 0.29) is 18.5 Å². The molecule has 1 heterocycles. The first-order valence-corrected chi connectivity index (χ1v) is 9.28. The van der Waals surface area contributed by atoms with E-state index in [0.29, 0.717) is 19.4 Å². The van der Waals surface area contributed by atoms with Crippen LogP contribution < -0.4 is 0 Å². The lowest BCUT2D eigenvalue weighted by molar-refractivity contribution is -0.308. The Balaban J connectivity index is 2.50. The van der Waals surface area contributed by atoms with E-state index in [2.05, 4.69) is 0 Å². The van der Waals surface area contributed by atoms with Gasteiger partial charge in [-0.15, -0.1) is 0 Å². The smallest absolute Gasteiger partial charge is 0.264 e. The zero-order chi connectivity index (χ0) is 18.2. The van der Waals surface area contributed by atoms with Crippen molar-refractivity contribution in [2.75, 3.05) is 47.4 Å². The Morgan fingerprint density at radius 1 is 0.917 bits per heavy atom. The molecular weight excluding hydrogens is 344 g/mol. The van der Waals surface area contributed by atoms with Gasteiger partial charge in [-0.25, -0.2) is 0 Å². The number of methoxy groups -OCH3 is 4. The van der Waals surface area contributed by atoms with E-state index in [1.807, 2.05) is 0 Å². The summed E-state index contributed by atoms with van der Waals surface area (Å²) in [5.41, 5.74) is 0. The second kappa shape index (κ2) is 10.6. The van der Waals surface area contributed by atoms with Gasteiger partial charge in [0.05, 0.1) is 12.4 Å². The number of rotatable bonds is 11. The van der Waals surface area contributed by atoms with Crippen molar-refractivity contribution in [2.45, 2.75) is 43.5 Å². The van der Waals surface area contributed by atoms with Crippen molar-refractivity contribution in [3.05, 3.63) is 0 Å². The summed E-state index contributed by atoms with van der Waals surface area (Å²) in [6.45, 7) is 0.579. The molecule has 0 aromatic rings. The van der Waals surface area contributed by atoms with Crippen LogP contribution in [-0.4, -0.2) is 91.1 Å². The molecule has 0 amide bonds. The summed E-state index contributed by atoms with van der Waals surface area (Å²) >= 11 is 0. The predicted octanol–water partition coefficient (Wildman–Crippen LogP) is 0.0873. The highest BCUT2D eigenvalue weighted by Crippen LogP contribution is 2.27. The van der Waals surface area contributed by atoms with Crippen LogP contribution in [0.15, 0.2) is 0 Å². The summed E-state index contributed by atoms with van der Waals surface area (Å²) in [6, 6.07) is 0. The number of ether oxygens (including phenoxy) is 6. The van der Waals surface area contributed by atoms with Crippen molar-refractivity contribution in [1.82, 2.24) is 0 Å². The standard InChI is InChI=1S/C14H28O9S/c1-18-11-10(9-22-7-5-6-8-24(15,16)17)23-14(21-4)13(20-3)12(11)19-2/h10-14H,5-9H2,1-4H3,(H,15,16,17)/t10-,11-,12+,13-,14?/m1/s1. The third-order valence-corrected chi connectivity index (χ3v) is 4.67. The van der Waals surface area contributed by atoms with E-state index < -0.39 is 34.7 Å². The molecule has 1 saturated heterocycles. The van der Waals surface area contributed by atoms with Gasteiger partial charge in [0.25, 0.3) is 10.1 Å². The Bertz CT molecular complexity index is 442. The second-order valence-electron chi connectivity index (χ2n) is 5.45. The molecule has 0 bridgehead atoms. The highest BCUT2D eigenvalue weighted by Gasteiger charge is 2.47. The maximum atomic E-state index is 10.6. The zero-order valence-electron chi connectivity index (χ0n) is 14.5. The first kappa shape index (κ1) is 21.7. The Kier molecular flexibility index (Phi) is 9.60. The van der Waals surface area contributed by atoms with Gasteiger partial charge in [-0.3, -0.25) is 4.55 Å². The molecule has 5 atom stereocenters. The van der Waals surface area contributed by atoms with Crippen molar-refractivity contribution >= 4 is 10.1 Å². The molecule has 1 fully saturated rings. The lowest BCUT2D eigenvalue weighted by Crippen LogP contribution is -2.61. The Hall–Kier alpha value is -0.330. The fourth-order valence-corrected chi connectivity index (χ4v) is 3.26. The minimum absolute atomic E-state index is 0.237. The van der Waals surface area contributed by atoms with Gasteiger partial charge in [0, 0.05) is 35.0 Å². The molecular formula is C14H28O9S. The minimum atomic E-state index is -3.92. The first-order valence-electron chi connectivity index (χ1n) is 7.67. The SMILES string of the molecule is COC1O[C@H](COCCCCS(=O)(=O)O)[C@@H](OC)[C@H](OC)[C@H]1OC. The van der Waals surface area contributed by atoms with Gasteiger partial charge < -0.3 is 28.4 Å². The molecule has 1 N–H and O–H groups in total. The van der Waals surface area contributed by atoms with Crippen LogP contribution in [-0.2, 0) is 38.5 Å². The van der Waals surface area contributed by atoms with Crippen LogP contribution in [0.3, 0.4) is 0 Å². The van der Waals surface area contributed by atoms with Gasteiger partial charge in [-0.2, -0.15) is 8.42 Å². The van der Waals surface area contributed by atoms with Crippen LogP contribution >= 0.6 is 0 Å². The predicted molar refractivity (Wildman–Crippen MR) is 84.5 cm³/mol. The lowest BCUT2D eigenvalue weighted by atomic mass is 9.98. The number of hydrogen-bond donors (Lipinski definition) is 1. The van der Waals surface area contributed by atoms with Gasteiger partial charge in [-0.1, -0.05) is 0 Å². The van der Waals surface area contributed by atoms with Crippen LogP contribution in [0.25, 0.3) is 0 Å². The summed E-state index contributed by atoms with van der Waals surface area (Å²) in [5.74, 6) is -0.274. The largest absolute Gasteiger partial charge is 0.379 e. The van der Waals surface area contributed by atoms with E-state index in [4.69, 9.17) is 33.0 Å². The maximum Gasteiger partial charge on any atom is 0.264 e. The molecule has 1 unspecified atom stereocenters. The van der Waals surface area contributed by atoms with Crippen LogP contribution in [0.1, 0.15) is 12.8 Å². The first-order chi connectivity index (χ1) is 11.4. The van der Waals surface area contributed by atoms with Crippen LogP contribution in [0.2, 0.25) is 0 Å². The van der Waals surface area contributed by atoms with Gasteiger partial charge in [0.15, 0.2) is 6.29 Å². The van der Waals surface area contributed by atoms with Crippen molar-refractivity contribution in [3.8, 4) is 0 Å². The molecule has 144 valence electrons. The summed E-state index contributed by atoms with van der Waals surface area (Å²) in [6.07, 6.45) is -1.42. The average molecular weight is 372 g/mol. The monoisotopic (exact) mass is 372 g/mol. The molecule has 1 aliphatic rings. The van der Waals surface area contributed by atoms with Crippen LogP contribution in [0.5, 0.6) is 0 Å². The van der Waals surface area contributed by atoms with Crippen molar-refractivity contribution in [2.24, 2.45) is 0 Å². The molecule has 1 aliphatic heterocycles. The van der Waals surface area contributed by atoms with Crippen molar-refractivity contribution in [3.63, 3.8) is 0 Å². The van der Waals surface area contributed by atoms with E-state index in [1.54, 1.807) is 21.3 Å². The highest BCUT2D eigenvalue weighted by molar-refractivity contribution is 7.85. The van der Waals surface area contributed by atoms with Gasteiger partial charge in [0.1, 0.15) is 24.4 Å². The number of unbranched alkanes of at least 4 members (excludes halogenated alkanes) is 1. The molecule has 24 heavy (non-hydrogen) atoms.